The molecular formula is C20H17N5O3S. The van der Waals surface area contributed by atoms with Crippen molar-refractivity contribution in [1.29, 1.82) is 5.26 Å². The van der Waals surface area contributed by atoms with Gasteiger partial charge in [-0.05, 0) is 48.6 Å². The quantitative estimate of drug-likeness (QED) is 0.717. The summed E-state index contributed by atoms with van der Waals surface area (Å²) in [7, 11) is 0. The largest absolute Gasteiger partial charge is 0.465 e. The summed E-state index contributed by atoms with van der Waals surface area (Å²) in [5.74, 6) is 0.797. The van der Waals surface area contributed by atoms with Gasteiger partial charge in [-0.3, -0.25) is 15.1 Å². The molecular weight excluding hydrogens is 390 g/mol. The van der Waals surface area contributed by atoms with Crippen LogP contribution < -0.4 is 10.6 Å². The molecule has 1 aromatic carbocycles. The number of carboxylic acid groups (broad SMARTS) is 1. The molecule has 2 unspecified atom stereocenters. The van der Waals surface area contributed by atoms with E-state index in [0.29, 0.717) is 22.3 Å². The first kappa shape index (κ1) is 19.0. The van der Waals surface area contributed by atoms with Crippen molar-refractivity contribution in [2.24, 2.45) is 10.9 Å². The molecule has 3 N–H and O–H groups in total. The average Bonchev–Trinajstić information content (AvgIpc) is 3.43. The van der Waals surface area contributed by atoms with Gasteiger partial charge in [-0.25, -0.2) is 9.78 Å². The Morgan fingerprint density at radius 2 is 2.14 bits per heavy atom. The van der Waals surface area contributed by atoms with Crippen LogP contribution in [-0.2, 0) is 5.54 Å². The molecule has 0 saturated heterocycles. The van der Waals surface area contributed by atoms with Gasteiger partial charge in [0.25, 0.3) is 5.91 Å². The van der Waals surface area contributed by atoms with Gasteiger partial charge in [0.1, 0.15) is 11.8 Å². The Kier molecular flexibility index (Phi) is 4.94. The number of rotatable bonds is 3. The summed E-state index contributed by atoms with van der Waals surface area (Å²) in [6, 6.07) is 12.5. The maximum Gasteiger partial charge on any atom is 0.410 e. The highest BCUT2D eigenvalue weighted by Crippen LogP contribution is 2.59. The Morgan fingerprint density at radius 3 is 2.86 bits per heavy atom. The van der Waals surface area contributed by atoms with E-state index < -0.39 is 11.6 Å². The first-order chi connectivity index (χ1) is 14.0. The Balaban J connectivity index is 1.56. The van der Waals surface area contributed by atoms with E-state index in [2.05, 4.69) is 15.6 Å². The van der Waals surface area contributed by atoms with Crippen LogP contribution in [0.5, 0.6) is 0 Å². The van der Waals surface area contributed by atoms with E-state index in [1.165, 1.54) is 24.0 Å². The minimum atomic E-state index is -1.12. The minimum absolute atomic E-state index is 0.216. The predicted octanol–water partition coefficient (Wildman–Crippen LogP) is 3.18. The van der Waals surface area contributed by atoms with Crippen molar-refractivity contribution >= 4 is 34.6 Å². The Labute approximate surface area is 171 Å². The maximum absolute atomic E-state index is 12.5. The van der Waals surface area contributed by atoms with Gasteiger partial charge in [0, 0.05) is 17.6 Å². The lowest BCUT2D eigenvalue weighted by atomic mass is 10.0. The van der Waals surface area contributed by atoms with E-state index in [1.807, 2.05) is 24.3 Å². The standard InChI is InChI=1S/C20H17N5O3S/c21-10-12-4-5-16(22-11-12)17(26)23-15-3-1-2-13(8-15)20-9-14(20)6-7-29-18(25-20)24-19(27)28/h1-5,8,11,14H,6-7,9H2,(H,23,26)(H,24,25)(H,27,28). The number of thioether (sulfide) groups is 1. The van der Waals surface area contributed by atoms with Crippen LogP contribution in [0.25, 0.3) is 0 Å². The zero-order chi connectivity index (χ0) is 20.4. The number of fused-ring (bicyclic) bond motifs is 1. The fourth-order valence-electron chi connectivity index (χ4n) is 3.54. The molecule has 8 nitrogen and oxygen atoms in total. The normalized spacial score (nSPS) is 22.3. The fraction of sp³-hybridized carbons (Fsp3) is 0.250. The van der Waals surface area contributed by atoms with Gasteiger partial charge >= 0.3 is 6.09 Å². The Morgan fingerprint density at radius 1 is 1.28 bits per heavy atom. The highest BCUT2D eigenvalue weighted by molar-refractivity contribution is 8.13. The Hall–Kier alpha value is -3.38. The highest BCUT2D eigenvalue weighted by Gasteiger charge is 2.56. The first-order valence-corrected chi connectivity index (χ1v) is 9.99. The molecule has 2 atom stereocenters. The SMILES string of the molecule is N#Cc1ccc(C(=O)Nc2cccc(C34CC3CCSC(NC(=O)O)=N4)c2)nc1. The van der Waals surface area contributed by atoms with E-state index >= 15 is 0 Å². The smallest absolute Gasteiger partial charge is 0.410 e. The number of nitrogens with one attached hydrogen (secondary N) is 2. The van der Waals surface area contributed by atoms with Crippen LogP contribution >= 0.6 is 11.8 Å². The maximum atomic E-state index is 12.5. The zero-order valence-electron chi connectivity index (χ0n) is 15.3. The zero-order valence-corrected chi connectivity index (χ0v) is 16.1. The number of aromatic nitrogens is 1. The second-order valence-electron chi connectivity index (χ2n) is 6.89. The summed E-state index contributed by atoms with van der Waals surface area (Å²) >= 11 is 1.41. The van der Waals surface area contributed by atoms with Crippen LogP contribution in [0.3, 0.4) is 0 Å². The summed E-state index contributed by atoms with van der Waals surface area (Å²) in [6.45, 7) is 0. The van der Waals surface area contributed by atoms with Crippen molar-refractivity contribution in [3.63, 3.8) is 0 Å². The van der Waals surface area contributed by atoms with E-state index in [9.17, 15) is 9.59 Å². The molecule has 2 aliphatic rings. The Bertz CT molecular complexity index is 1050. The monoisotopic (exact) mass is 407 g/mol. The van der Waals surface area contributed by atoms with Gasteiger partial charge in [0.05, 0.1) is 11.1 Å². The number of anilines is 1. The fourth-order valence-corrected chi connectivity index (χ4v) is 4.52. The van der Waals surface area contributed by atoms with E-state index in [4.69, 9.17) is 15.4 Å². The number of benzene rings is 1. The third kappa shape index (κ3) is 3.93. The first-order valence-electron chi connectivity index (χ1n) is 9.01. The summed E-state index contributed by atoms with van der Waals surface area (Å²) in [4.78, 5) is 32.2. The number of carbonyl (C=O) groups excluding carboxylic acids is 1. The van der Waals surface area contributed by atoms with Gasteiger partial charge in [0.2, 0.25) is 0 Å². The third-order valence-corrected chi connectivity index (χ3v) is 5.95. The molecule has 4 rings (SSSR count). The molecule has 29 heavy (non-hydrogen) atoms. The molecule has 0 spiro atoms. The van der Waals surface area contributed by atoms with Gasteiger partial charge in [0.15, 0.2) is 5.17 Å². The van der Waals surface area contributed by atoms with E-state index in [1.54, 1.807) is 12.1 Å². The van der Waals surface area contributed by atoms with Crippen molar-refractivity contribution in [2.45, 2.75) is 18.4 Å². The van der Waals surface area contributed by atoms with Crippen molar-refractivity contribution in [1.82, 2.24) is 10.3 Å². The number of hydrogen-bond acceptors (Lipinski definition) is 6. The van der Waals surface area contributed by atoms with Crippen LogP contribution in [0.2, 0.25) is 0 Å². The van der Waals surface area contributed by atoms with Crippen LogP contribution in [0.1, 0.15) is 34.5 Å². The summed E-state index contributed by atoms with van der Waals surface area (Å²) in [5.41, 5.74) is 1.71. The van der Waals surface area contributed by atoms with Crippen LogP contribution in [-0.4, -0.2) is 33.0 Å². The van der Waals surface area contributed by atoms with Crippen LogP contribution in [0.15, 0.2) is 47.6 Å². The predicted molar refractivity (Wildman–Crippen MR) is 109 cm³/mol. The summed E-state index contributed by atoms with van der Waals surface area (Å²) in [6.07, 6.45) is 2.03. The van der Waals surface area contributed by atoms with Gasteiger partial charge in [-0.15, -0.1) is 0 Å². The molecule has 2 aromatic rings. The van der Waals surface area contributed by atoms with Crippen molar-refractivity contribution < 1.29 is 14.7 Å². The number of hydrogen-bond donors (Lipinski definition) is 3. The molecule has 0 radical (unpaired) electrons. The number of nitriles is 1. The molecule has 1 fully saturated rings. The van der Waals surface area contributed by atoms with Crippen LogP contribution in [0, 0.1) is 17.2 Å². The van der Waals surface area contributed by atoms with Gasteiger partial charge in [-0.1, -0.05) is 23.9 Å². The van der Waals surface area contributed by atoms with E-state index in [0.717, 1.165) is 24.2 Å². The number of amidine groups is 1. The second-order valence-corrected chi connectivity index (χ2v) is 7.97. The molecule has 1 saturated carbocycles. The second kappa shape index (κ2) is 7.56. The van der Waals surface area contributed by atoms with Crippen molar-refractivity contribution in [3.05, 3.63) is 59.4 Å². The lowest BCUT2D eigenvalue weighted by Gasteiger charge is -2.15. The van der Waals surface area contributed by atoms with Gasteiger partial charge < -0.3 is 10.4 Å². The van der Waals surface area contributed by atoms with E-state index in [-0.39, 0.29) is 11.6 Å². The molecule has 9 heteroatoms. The van der Waals surface area contributed by atoms with Crippen LogP contribution in [0.4, 0.5) is 10.5 Å². The molecule has 1 aromatic heterocycles. The average molecular weight is 407 g/mol. The number of amides is 2. The van der Waals surface area contributed by atoms with Gasteiger partial charge in [-0.2, -0.15) is 5.26 Å². The molecule has 1 aliphatic carbocycles. The number of carbonyl (C=O) groups is 2. The molecule has 1 aliphatic heterocycles. The van der Waals surface area contributed by atoms with Crippen molar-refractivity contribution in [2.75, 3.05) is 11.1 Å². The number of pyridine rings is 1. The molecule has 2 heterocycles. The number of aliphatic imine (C=N–C) groups is 1. The molecule has 0 bridgehead atoms. The third-order valence-electron chi connectivity index (χ3n) is 5.04. The highest BCUT2D eigenvalue weighted by atomic mass is 32.2. The molecule has 2 amide bonds. The topological polar surface area (TPSA) is 127 Å². The van der Waals surface area contributed by atoms with Crippen molar-refractivity contribution in [3.8, 4) is 6.07 Å². The summed E-state index contributed by atoms with van der Waals surface area (Å²) < 4.78 is 0. The number of nitrogens with zero attached hydrogens (tertiary/aromatic N) is 3. The lowest BCUT2D eigenvalue weighted by Crippen LogP contribution is -2.27. The minimum Gasteiger partial charge on any atom is -0.465 e. The molecule has 146 valence electrons. The lowest BCUT2D eigenvalue weighted by molar-refractivity contribution is 0.102. The summed E-state index contributed by atoms with van der Waals surface area (Å²) in [5, 5.41) is 23.5.